The zero-order chi connectivity index (χ0) is 14.4. The Bertz CT molecular complexity index is 636. The van der Waals surface area contributed by atoms with Crippen LogP contribution in [0.25, 0.3) is 0 Å². The van der Waals surface area contributed by atoms with Gasteiger partial charge in [0.25, 0.3) is 0 Å². The van der Waals surface area contributed by atoms with E-state index in [0.717, 1.165) is 17.4 Å². The van der Waals surface area contributed by atoms with Gasteiger partial charge >= 0.3 is 0 Å². The Kier molecular flexibility index (Phi) is 4.91. The van der Waals surface area contributed by atoms with E-state index in [1.807, 2.05) is 12.3 Å². The molecule has 6 heteroatoms. The molecule has 0 aliphatic rings. The second kappa shape index (κ2) is 6.87. The fourth-order valence-corrected chi connectivity index (χ4v) is 2.22. The number of hydrogen-bond donors (Lipinski definition) is 2. The summed E-state index contributed by atoms with van der Waals surface area (Å²) in [5.74, 6) is 1.19. The molecular formula is C14H14BrN5. The van der Waals surface area contributed by atoms with E-state index in [0.29, 0.717) is 11.6 Å². The third-order valence-electron chi connectivity index (χ3n) is 2.86. The number of aromatic nitrogens is 2. The molecule has 0 aliphatic carbocycles. The summed E-state index contributed by atoms with van der Waals surface area (Å²) in [4.78, 5) is 8.04. The predicted octanol–water partition coefficient (Wildman–Crippen LogP) is 3.10. The Morgan fingerprint density at radius 3 is 2.85 bits per heavy atom. The van der Waals surface area contributed by atoms with Crippen LogP contribution in [0.15, 0.2) is 35.1 Å². The Morgan fingerprint density at radius 1 is 1.25 bits per heavy atom. The van der Waals surface area contributed by atoms with Crippen LogP contribution in [-0.4, -0.2) is 16.5 Å². The predicted molar refractivity (Wildman–Crippen MR) is 82.3 cm³/mol. The van der Waals surface area contributed by atoms with Gasteiger partial charge in [-0.25, -0.2) is 9.97 Å². The number of nitrogens with one attached hydrogen (secondary N) is 2. The molecule has 0 radical (unpaired) electrons. The maximum absolute atomic E-state index is 8.55. The fourth-order valence-electron chi connectivity index (χ4n) is 1.81. The topological polar surface area (TPSA) is 73.6 Å². The van der Waals surface area contributed by atoms with Crippen LogP contribution >= 0.6 is 15.9 Å². The Balaban J connectivity index is 1.94. The lowest BCUT2D eigenvalue weighted by molar-refractivity contribution is 0.987. The van der Waals surface area contributed by atoms with Gasteiger partial charge in [0, 0.05) is 17.1 Å². The molecule has 2 aromatic rings. The zero-order valence-corrected chi connectivity index (χ0v) is 12.6. The van der Waals surface area contributed by atoms with E-state index in [4.69, 9.17) is 5.26 Å². The van der Waals surface area contributed by atoms with Crippen molar-refractivity contribution in [2.24, 2.45) is 0 Å². The SMILES string of the molecule is Cc1ccc(Br)cc1CCNc1cc(NC#N)ncn1. The Hall–Kier alpha value is -2.13. The van der Waals surface area contributed by atoms with Gasteiger partial charge in [-0.1, -0.05) is 22.0 Å². The summed E-state index contributed by atoms with van der Waals surface area (Å²) in [5, 5.41) is 14.2. The van der Waals surface area contributed by atoms with Crippen LogP contribution in [0.5, 0.6) is 0 Å². The third-order valence-corrected chi connectivity index (χ3v) is 3.36. The van der Waals surface area contributed by atoms with Gasteiger partial charge in [-0.05, 0) is 36.6 Å². The minimum absolute atomic E-state index is 0.489. The van der Waals surface area contributed by atoms with Gasteiger partial charge < -0.3 is 5.32 Å². The number of halogens is 1. The van der Waals surface area contributed by atoms with E-state index < -0.39 is 0 Å². The lowest BCUT2D eigenvalue weighted by Gasteiger charge is -2.09. The summed E-state index contributed by atoms with van der Waals surface area (Å²) in [6, 6.07) is 7.96. The normalized spacial score (nSPS) is 9.85. The van der Waals surface area contributed by atoms with E-state index in [2.05, 4.69) is 55.6 Å². The fraction of sp³-hybridized carbons (Fsp3) is 0.214. The molecule has 5 nitrogen and oxygen atoms in total. The average molecular weight is 332 g/mol. The minimum atomic E-state index is 0.489. The monoisotopic (exact) mass is 331 g/mol. The quantitative estimate of drug-likeness (QED) is 0.650. The van der Waals surface area contributed by atoms with Crippen molar-refractivity contribution in [2.45, 2.75) is 13.3 Å². The first-order valence-electron chi connectivity index (χ1n) is 6.15. The highest BCUT2D eigenvalue weighted by molar-refractivity contribution is 9.10. The molecule has 0 saturated heterocycles. The Labute approximate surface area is 126 Å². The van der Waals surface area contributed by atoms with Crippen molar-refractivity contribution in [3.8, 4) is 6.19 Å². The molecule has 2 rings (SSSR count). The van der Waals surface area contributed by atoms with E-state index >= 15 is 0 Å². The van der Waals surface area contributed by atoms with Crippen LogP contribution in [0, 0.1) is 18.4 Å². The number of rotatable bonds is 5. The summed E-state index contributed by atoms with van der Waals surface area (Å²) in [6.07, 6.45) is 4.16. The van der Waals surface area contributed by atoms with E-state index in [-0.39, 0.29) is 0 Å². The number of anilines is 2. The van der Waals surface area contributed by atoms with E-state index in [9.17, 15) is 0 Å². The second-order valence-corrected chi connectivity index (χ2v) is 5.19. The second-order valence-electron chi connectivity index (χ2n) is 4.27. The van der Waals surface area contributed by atoms with Gasteiger partial charge in [0.2, 0.25) is 0 Å². The maximum Gasteiger partial charge on any atom is 0.182 e. The number of nitrogens with zero attached hydrogens (tertiary/aromatic N) is 3. The molecule has 0 atom stereocenters. The maximum atomic E-state index is 8.55. The third kappa shape index (κ3) is 3.93. The van der Waals surface area contributed by atoms with Crippen molar-refractivity contribution < 1.29 is 0 Å². The molecular weight excluding hydrogens is 318 g/mol. The first-order chi connectivity index (χ1) is 9.69. The number of nitriles is 1. The number of hydrogen-bond acceptors (Lipinski definition) is 5. The standard InChI is InChI=1S/C14H14BrN5/c1-10-2-3-12(15)6-11(10)4-5-17-13-7-14(18-8-16)20-9-19-13/h2-3,6-7,9H,4-5H2,1H3,(H2,17,18,19,20). The smallest absolute Gasteiger partial charge is 0.182 e. The van der Waals surface area contributed by atoms with Crippen LogP contribution in [0.4, 0.5) is 11.6 Å². The van der Waals surface area contributed by atoms with E-state index in [1.165, 1.54) is 17.5 Å². The van der Waals surface area contributed by atoms with Gasteiger partial charge in [-0.2, -0.15) is 5.26 Å². The number of benzene rings is 1. The molecule has 20 heavy (non-hydrogen) atoms. The summed E-state index contributed by atoms with van der Waals surface area (Å²) >= 11 is 3.48. The largest absolute Gasteiger partial charge is 0.370 e. The van der Waals surface area contributed by atoms with Gasteiger partial charge in [-0.3, -0.25) is 5.32 Å². The van der Waals surface area contributed by atoms with Crippen LogP contribution in [-0.2, 0) is 6.42 Å². The molecule has 0 amide bonds. The molecule has 0 spiro atoms. The first-order valence-corrected chi connectivity index (χ1v) is 6.94. The zero-order valence-electron chi connectivity index (χ0n) is 11.0. The highest BCUT2D eigenvalue weighted by Crippen LogP contribution is 2.16. The molecule has 2 N–H and O–H groups in total. The molecule has 102 valence electrons. The van der Waals surface area contributed by atoms with Gasteiger partial charge in [-0.15, -0.1) is 0 Å². The lowest BCUT2D eigenvalue weighted by atomic mass is 10.1. The molecule has 0 saturated carbocycles. The van der Waals surface area contributed by atoms with Crippen molar-refractivity contribution in [2.75, 3.05) is 17.2 Å². The van der Waals surface area contributed by atoms with Crippen LogP contribution in [0.3, 0.4) is 0 Å². The summed E-state index contributed by atoms with van der Waals surface area (Å²) < 4.78 is 1.08. The summed E-state index contributed by atoms with van der Waals surface area (Å²) in [7, 11) is 0. The average Bonchev–Trinajstić information content (AvgIpc) is 2.43. The lowest BCUT2D eigenvalue weighted by Crippen LogP contribution is -2.08. The molecule has 1 heterocycles. The van der Waals surface area contributed by atoms with Crippen LogP contribution < -0.4 is 10.6 Å². The summed E-state index contributed by atoms with van der Waals surface area (Å²) in [5.41, 5.74) is 2.56. The van der Waals surface area contributed by atoms with Gasteiger partial charge in [0.15, 0.2) is 6.19 Å². The first kappa shape index (κ1) is 14.3. The van der Waals surface area contributed by atoms with Crippen molar-refractivity contribution >= 4 is 27.6 Å². The van der Waals surface area contributed by atoms with Crippen molar-refractivity contribution in [1.29, 1.82) is 5.26 Å². The van der Waals surface area contributed by atoms with Crippen LogP contribution in [0.2, 0.25) is 0 Å². The van der Waals surface area contributed by atoms with Crippen LogP contribution in [0.1, 0.15) is 11.1 Å². The molecule has 0 aliphatic heterocycles. The molecule has 0 fully saturated rings. The molecule has 1 aromatic carbocycles. The minimum Gasteiger partial charge on any atom is -0.370 e. The highest BCUT2D eigenvalue weighted by Gasteiger charge is 2.01. The number of aryl methyl sites for hydroxylation is 1. The Morgan fingerprint density at radius 2 is 2.05 bits per heavy atom. The van der Waals surface area contributed by atoms with Crippen molar-refractivity contribution in [3.63, 3.8) is 0 Å². The molecule has 0 unspecified atom stereocenters. The van der Waals surface area contributed by atoms with Gasteiger partial charge in [0.05, 0.1) is 0 Å². The van der Waals surface area contributed by atoms with Crippen molar-refractivity contribution in [3.05, 3.63) is 46.2 Å². The molecule has 0 bridgehead atoms. The molecule has 1 aromatic heterocycles. The van der Waals surface area contributed by atoms with Crippen molar-refractivity contribution in [1.82, 2.24) is 9.97 Å². The van der Waals surface area contributed by atoms with Gasteiger partial charge in [0.1, 0.15) is 18.0 Å². The highest BCUT2D eigenvalue weighted by atomic mass is 79.9. The van der Waals surface area contributed by atoms with E-state index in [1.54, 1.807) is 6.07 Å². The summed E-state index contributed by atoms with van der Waals surface area (Å²) in [6.45, 7) is 2.86.